The number of hydrogen-bond acceptors (Lipinski definition) is 2. The Morgan fingerprint density at radius 2 is 1.83 bits per heavy atom. The van der Waals surface area contributed by atoms with Gasteiger partial charge in [-0.1, -0.05) is 49.4 Å². The quantitative estimate of drug-likeness (QED) is 0.842. The minimum Gasteiger partial charge on any atom is -0.484 e. The molecule has 120 valence electrons. The van der Waals surface area contributed by atoms with E-state index in [1.807, 2.05) is 42.5 Å². The zero-order valence-electron chi connectivity index (χ0n) is 13.5. The van der Waals surface area contributed by atoms with Gasteiger partial charge in [-0.25, -0.2) is 0 Å². The van der Waals surface area contributed by atoms with Crippen molar-refractivity contribution < 1.29 is 9.53 Å². The fourth-order valence-electron chi connectivity index (χ4n) is 2.75. The first-order valence-electron chi connectivity index (χ1n) is 8.32. The fraction of sp³-hybridized carbons (Fsp3) is 0.350. The van der Waals surface area contributed by atoms with Crippen LogP contribution in [-0.4, -0.2) is 12.5 Å². The molecule has 3 heteroatoms. The van der Waals surface area contributed by atoms with Crippen LogP contribution in [0.3, 0.4) is 0 Å². The van der Waals surface area contributed by atoms with Gasteiger partial charge < -0.3 is 10.1 Å². The molecule has 0 saturated heterocycles. The van der Waals surface area contributed by atoms with Crippen molar-refractivity contribution >= 4 is 5.91 Å². The summed E-state index contributed by atoms with van der Waals surface area (Å²) < 4.78 is 5.59. The lowest BCUT2D eigenvalue weighted by Gasteiger charge is -2.19. The van der Waals surface area contributed by atoms with E-state index in [1.54, 1.807) is 0 Å². The molecule has 1 amide bonds. The Kier molecular flexibility index (Phi) is 4.96. The molecule has 0 radical (unpaired) electrons. The van der Waals surface area contributed by atoms with E-state index in [0.717, 1.165) is 12.2 Å². The first kappa shape index (κ1) is 15.6. The van der Waals surface area contributed by atoms with E-state index < -0.39 is 0 Å². The van der Waals surface area contributed by atoms with Crippen molar-refractivity contribution in [1.82, 2.24) is 5.32 Å². The SMILES string of the molecule is CCc1ccc(OCC(=O)NC(c2ccccc2)C2CC2)cc1. The van der Waals surface area contributed by atoms with Crippen LogP contribution in [0.4, 0.5) is 0 Å². The number of benzene rings is 2. The third-order valence-electron chi connectivity index (χ3n) is 4.27. The number of carbonyl (C=O) groups is 1. The molecule has 2 aromatic rings. The van der Waals surface area contributed by atoms with Gasteiger partial charge in [0.1, 0.15) is 5.75 Å². The highest BCUT2D eigenvalue weighted by Gasteiger charge is 2.33. The Morgan fingerprint density at radius 3 is 2.43 bits per heavy atom. The van der Waals surface area contributed by atoms with Gasteiger partial charge in [0.05, 0.1) is 6.04 Å². The zero-order chi connectivity index (χ0) is 16.1. The highest BCUT2D eigenvalue weighted by atomic mass is 16.5. The Balaban J connectivity index is 1.55. The zero-order valence-corrected chi connectivity index (χ0v) is 13.5. The number of nitrogens with one attached hydrogen (secondary N) is 1. The van der Waals surface area contributed by atoms with Gasteiger partial charge >= 0.3 is 0 Å². The van der Waals surface area contributed by atoms with Gasteiger partial charge in [-0.15, -0.1) is 0 Å². The molecule has 0 heterocycles. The summed E-state index contributed by atoms with van der Waals surface area (Å²) in [5.41, 5.74) is 2.44. The highest BCUT2D eigenvalue weighted by Crippen LogP contribution is 2.40. The van der Waals surface area contributed by atoms with Crippen molar-refractivity contribution in [3.8, 4) is 5.75 Å². The van der Waals surface area contributed by atoms with Crippen LogP contribution >= 0.6 is 0 Å². The highest BCUT2D eigenvalue weighted by molar-refractivity contribution is 5.78. The van der Waals surface area contributed by atoms with Crippen LogP contribution in [0.2, 0.25) is 0 Å². The Morgan fingerprint density at radius 1 is 1.13 bits per heavy atom. The van der Waals surface area contributed by atoms with Gasteiger partial charge in [0.2, 0.25) is 0 Å². The van der Waals surface area contributed by atoms with Crippen LogP contribution in [0.1, 0.15) is 36.9 Å². The summed E-state index contributed by atoms with van der Waals surface area (Å²) >= 11 is 0. The summed E-state index contributed by atoms with van der Waals surface area (Å²) in [6, 6.07) is 18.2. The minimum atomic E-state index is -0.0645. The van der Waals surface area contributed by atoms with Gasteiger partial charge in [-0.3, -0.25) is 4.79 Å². The molecule has 3 nitrogen and oxygen atoms in total. The predicted octanol–water partition coefficient (Wildman–Crippen LogP) is 3.90. The number of carbonyl (C=O) groups excluding carboxylic acids is 1. The van der Waals surface area contributed by atoms with E-state index in [-0.39, 0.29) is 18.6 Å². The molecular weight excluding hydrogens is 286 g/mol. The molecule has 0 bridgehead atoms. The van der Waals surface area contributed by atoms with Crippen LogP contribution in [0, 0.1) is 5.92 Å². The molecular formula is C20H23NO2. The van der Waals surface area contributed by atoms with Crippen molar-refractivity contribution in [2.24, 2.45) is 5.92 Å². The first-order valence-corrected chi connectivity index (χ1v) is 8.32. The summed E-state index contributed by atoms with van der Waals surface area (Å²) in [6.07, 6.45) is 3.36. The maximum atomic E-state index is 12.2. The van der Waals surface area contributed by atoms with E-state index in [2.05, 4.69) is 24.4 Å². The molecule has 2 aromatic carbocycles. The molecule has 1 aliphatic carbocycles. The lowest BCUT2D eigenvalue weighted by Crippen LogP contribution is -2.33. The van der Waals surface area contributed by atoms with Crippen LogP contribution in [0.25, 0.3) is 0 Å². The molecule has 1 saturated carbocycles. The third-order valence-corrected chi connectivity index (χ3v) is 4.27. The summed E-state index contributed by atoms with van der Waals surface area (Å²) in [7, 11) is 0. The van der Waals surface area contributed by atoms with Crippen LogP contribution in [-0.2, 0) is 11.2 Å². The molecule has 1 aliphatic rings. The van der Waals surface area contributed by atoms with Gasteiger partial charge in [0.15, 0.2) is 6.61 Å². The first-order chi connectivity index (χ1) is 11.3. The maximum Gasteiger partial charge on any atom is 0.258 e. The number of hydrogen-bond donors (Lipinski definition) is 1. The van der Waals surface area contributed by atoms with Crippen molar-refractivity contribution in [1.29, 1.82) is 0 Å². The second kappa shape index (κ2) is 7.32. The van der Waals surface area contributed by atoms with Crippen LogP contribution in [0.15, 0.2) is 54.6 Å². The standard InChI is InChI=1S/C20H23NO2/c1-2-15-8-12-18(13-9-15)23-14-19(22)21-20(17-10-11-17)16-6-4-3-5-7-16/h3-9,12-13,17,20H,2,10-11,14H2,1H3,(H,21,22). The normalized spacial score (nSPS) is 15.0. The topological polar surface area (TPSA) is 38.3 Å². The van der Waals surface area contributed by atoms with E-state index in [9.17, 15) is 4.79 Å². The van der Waals surface area contributed by atoms with Gasteiger partial charge in [-0.05, 0) is 48.4 Å². The van der Waals surface area contributed by atoms with E-state index >= 15 is 0 Å². The molecule has 0 spiro atoms. The smallest absolute Gasteiger partial charge is 0.258 e. The predicted molar refractivity (Wildman–Crippen MR) is 91.4 cm³/mol. The molecule has 1 atom stereocenters. The molecule has 23 heavy (non-hydrogen) atoms. The lowest BCUT2D eigenvalue weighted by atomic mass is 10.0. The largest absolute Gasteiger partial charge is 0.484 e. The Labute approximate surface area is 137 Å². The second-order valence-corrected chi connectivity index (χ2v) is 6.08. The molecule has 1 unspecified atom stereocenters. The van der Waals surface area contributed by atoms with Gasteiger partial charge in [-0.2, -0.15) is 0 Å². The van der Waals surface area contributed by atoms with E-state index in [4.69, 9.17) is 4.74 Å². The summed E-state index contributed by atoms with van der Waals surface area (Å²) in [5.74, 6) is 1.23. The molecule has 0 aliphatic heterocycles. The average Bonchev–Trinajstić information content (AvgIpc) is 3.44. The molecule has 0 aromatic heterocycles. The third kappa shape index (κ3) is 4.35. The number of amides is 1. The number of ether oxygens (including phenoxy) is 1. The fourth-order valence-corrected chi connectivity index (χ4v) is 2.75. The van der Waals surface area contributed by atoms with Crippen LogP contribution in [0.5, 0.6) is 5.75 Å². The van der Waals surface area contributed by atoms with Crippen LogP contribution < -0.4 is 10.1 Å². The molecule has 1 fully saturated rings. The monoisotopic (exact) mass is 309 g/mol. The van der Waals surface area contributed by atoms with Gasteiger partial charge in [0.25, 0.3) is 5.91 Å². The van der Waals surface area contributed by atoms with Crippen molar-refractivity contribution in [3.63, 3.8) is 0 Å². The summed E-state index contributed by atoms with van der Waals surface area (Å²) in [6.45, 7) is 2.17. The lowest BCUT2D eigenvalue weighted by molar-refractivity contribution is -0.124. The van der Waals surface area contributed by atoms with E-state index in [0.29, 0.717) is 5.92 Å². The minimum absolute atomic E-state index is 0.0571. The van der Waals surface area contributed by atoms with Crippen molar-refractivity contribution in [2.45, 2.75) is 32.2 Å². The van der Waals surface area contributed by atoms with Crippen molar-refractivity contribution in [2.75, 3.05) is 6.61 Å². The molecule has 1 N–H and O–H groups in total. The number of rotatable bonds is 7. The Bertz CT molecular complexity index is 632. The van der Waals surface area contributed by atoms with E-state index in [1.165, 1.54) is 24.0 Å². The summed E-state index contributed by atoms with van der Waals surface area (Å²) in [4.78, 5) is 12.2. The molecule has 3 rings (SSSR count). The summed E-state index contributed by atoms with van der Waals surface area (Å²) in [5, 5.41) is 3.12. The van der Waals surface area contributed by atoms with Crippen molar-refractivity contribution in [3.05, 3.63) is 65.7 Å². The number of aryl methyl sites for hydroxylation is 1. The Hall–Kier alpha value is -2.29. The van der Waals surface area contributed by atoms with Gasteiger partial charge in [0, 0.05) is 0 Å². The average molecular weight is 309 g/mol. The second-order valence-electron chi connectivity index (χ2n) is 6.08. The maximum absolute atomic E-state index is 12.2.